The van der Waals surface area contributed by atoms with Gasteiger partial charge in [0.05, 0.1) is 11.2 Å². The highest BCUT2D eigenvalue weighted by atomic mass is 35.5. The van der Waals surface area contributed by atoms with Gasteiger partial charge in [0, 0.05) is 47.3 Å². The largest absolute Gasteiger partial charge is 0.482 e. The number of halogens is 3. The highest BCUT2D eigenvalue weighted by molar-refractivity contribution is 6.36. The first-order valence-electron chi connectivity index (χ1n) is 11.4. The molecule has 2 aromatic heterocycles. The normalized spacial score (nSPS) is 20.6. The van der Waals surface area contributed by atoms with Crippen molar-refractivity contribution < 1.29 is 19.0 Å². The summed E-state index contributed by atoms with van der Waals surface area (Å²) in [6.07, 6.45) is 5.61. The Morgan fingerprint density at radius 3 is 2.80 bits per heavy atom. The fraction of sp³-hybridized carbons (Fsp3) is 0.417. The van der Waals surface area contributed by atoms with E-state index in [1.165, 1.54) is 12.1 Å². The minimum absolute atomic E-state index is 0.101. The summed E-state index contributed by atoms with van der Waals surface area (Å²) < 4.78 is 26.8. The average molecular weight is 521 g/mol. The molecule has 2 radical (unpaired) electrons. The third-order valence-corrected chi connectivity index (χ3v) is 6.26. The molecule has 11 heteroatoms. The van der Waals surface area contributed by atoms with Gasteiger partial charge < -0.3 is 20.3 Å². The van der Waals surface area contributed by atoms with E-state index < -0.39 is 17.6 Å². The highest BCUT2D eigenvalue weighted by Crippen LogP contribution is 2.37. The van der Waals surface area contributed by atoms with Crippen LogP contribution in [0.15, 0.2) is 36.8 Å². The molecule has 186 valence electrons. The maximum Gasteiger partial charge on any atom is 0.166 e. The molecule has 3 heterocycles. The van der Waals surface area contributed by atoms with Crippen LogP contribution in [0.25, 0.3) is 11.1 Å². The van der Waals surface area contributed by atoms with Crippen LogP contribution < -0.4 is 10.5 Å². The molecule has 1 aliphatic rings. The molecule has 1 saturated heterocycles. The van der Waals surface area contributed by atoms with E-state index in [9.17, 15) is 9.50 Å². The molecular formula is C24H28BCl2FN4O3. The zero-order chi connectivity index (χ0) is 25.8. The minimum Gasteiger partial charge on any atom is -0.482 e. The summed E-state index contributed by atoms with van der Waals surface area (Å²) in [5.74, 6) is 0.0239. The molecular weight excluding hydrogens is 493 g/mol. The number of nitrogen functional groups attached to an aromatic ring is 1. The van der Waals surface area contributed by atoms with Crippen LogP contribution in [0.4, 0.5) is 10.2 Å². The lowest BCUT2D eigenvalue weighted by atomic mass is 9.82. The third kappa shape index (κ3) is 6.67. The van der Waals surface area contributed by atoms with Gasteiger partial charge in [0.1, 0.15) is 17.6 Å². The van der Waals surface area contributed by atoms with E-state index in [0.717, 1.165) is 17.5 Å². The number of rotatable bonds is 6. The SMILES string of the molecule is CC.[B]C1(O)CC(Cn2cc(-c3cnc(N)c(OC(C)c4c(Cl)ccc(F)c4Cl)c3)cn2)CCO1. The van der Waals surface area contributed by atoms with Gasteiger partial charge in [0.25, 0.3) is 0 Å². The first-order chi connectivity index (χ1) is 16.6. The zero-order valence-corrected chi connectivity index (χ0v) is 21.4. The molecule has 3 atom stereocenters. The van der Waals surface area contributed by atoms with Gasteiger partial charge in [-0.05, 0) is 43.9 Å². The Bertz CT molecular complexity index is 1160. The number of benzene rings is 1. The Balaban J connectivity index is 0.00000167. The number of ether oxygens (including phenoxy) is 2. The van der Waals surface area contributed by atoms with E-state index in [-0.39, 0.29) is 21.8 Å². The van der Waals surface area contributed by atoms with Gasteiger partial charge in [0.2, 0.25) is 0 Å². The topological polar surface area (TPSA) is 95.4 Å². The van der Waals surface area contributed by atoms with Gasteiger partial charge in [-0.1, -0.05) is 37.0 Å². The predicted molar refractivity (Wildman–Crippen MR) is 136 cm³/mol. The molecule has 3 N–H and O–H groups in total. The van der Waals surface area contributed by atoms with E-state index in [1.807, 2.05) is 20.0 Å². The number of aromatic nitrogens is 3. The van der Waals surface area contributed by atoms with Crippen molar-refractivity contribution in [2.24, 2.45) is 5.92 Å². The van der Waals surface area contributed by atoms with Gasteiger partial charge in [-0.15, -0.1) is 0 Å². The molecule has 1 aliphatic heterocycles. The smallest absolute Gasteiger partial charge is 0.166 e. The fourth-order valence-corrected chi connectivity index (χ4v) is 4.56. The van der Waals surface area contributed by atoms with E-state index in [0.29, 0.717) is 30.9 Å². The second-order valence-corrected chi connectivity index (χ2v) is 8.91. The Morgan fingerprint density at radius 2 is 2.09 bits per heavy atom. The minimum atomic E-state index is -1.60. The molecule has 0 amide bonds. The van der Waals surface area contributed by atoms with Crippen molar-refractivity contribution in [2.75, 3.05) is 12.3 Å². The summed E-state index contributed by atoms with van der Waals surface area (Å²) in [7, 11) is 5.69. The molecule has 3 aromatic rings. The monoisotopic (exact) mass is 520 g/mol. The summed E-state index contributed by atoms with van der Waals surface area (Å²) >= 11 is 12.3. The summed E-state index contributed by atoms with van der Waals surface area (Å²) in [5, 5.41) is 14.5. The van der Waals surface area contributed by atoms with Crippen LogP contribution in [0.1, 0.15) is 45.3 Å². The van der Waals surface area contributed by atoms with Crippen molar-refractivity contribution in [3.63, 3.8) is 0 Å². The quantitative estimate of drug-likeness (QED) is 0.334. The number of nitrogens with zero attached hydrogens (tertiary/aromatic N) is 3. The molecule has 0 spiro atoms. The average Bonchev–Trinajstić information content (AvgIpc) is 3.27. The molecule has 35 heavy (non-hydrogen) atoms. The van der Waals surface area contributed by atoms with Gasteiger partial charge in [-0.2, -0.15) is 5.10 Å². The molecule has 4 rings (SSSR count). The molecule has 0 aliphatic carbocycles. The zero-order valence-electron chi connectivity index (χ0n) is 19.8. The molecule has 0 saturated carbocycles. The number of hydrogen-bond acceptors (Lipinski definition) is 6. The number of pyridine rings is 1. The van der Waals surface area contributed by atoms with Gasteiger partial charge in [0.15, 0.2) is 19.4 Å². The van der Waals surface area contributed by atoms with Crippen molar-refractivity contribution in [3.05, 3.63) is 58.2 Å². The van der Waals surface area contributed by atoms with Gasteiger partial charge in [-0.3, -0.25) is 4.68 Å². The summed E-state index contributed by atoms with van der Waals surface area (Å²) in [5.41, 5.74) is 6.27. The number of anilines is 1. The standard InChI is InChI=1S/C22H22BCl2FN4O3.C2H6/c1-12(19-16(24)2-3-17(26)20(19)25)33-18-6-14(8-28-21(18)27)15-9-29-30(11-15)10-13-4-5-32-22(23,31)7-13;1-2/h2-3,6,8-9,11-13,31H,4-5,7,10H2,1H3,(H2,27,28);1-2H3. The third-order valence-electron chi connectivity index (χ3n) is 5.54. The number of hydrogen-bond donors (Lipinski definition) is 2. The van der Waals surface area contributed by atoms with Gasteiger partial charge >= 0.3 is 0 Å². The Morgan fingerprint density at radius 1 is 1.34 bits per heavy atom. The molecule has 1 aromatic carbocycles. The maximum absolute atomic E-state index is 13.9. The lowest BCUT2D eigenvalue weighted by Crippen LogP contribution is -2.41. The first kappa shape index (κ1) is 27.3. The number of aliphatic hydroxyl groups is 1. The van der Waals surface area contributed by atoms with E-state index in [1.54, 1.807) is 30.1 Å². The molecule has 7 nitrogen and oxygen atoms in total. The van der Waals surface area contributed by atoms with Crippen molar-refractivity contribution in [1.82, 2.24) is 14.8 Å². The van der Waals surface area contributed by atoms with Crippen molar-refractivity contribution in [2.45, 2.75) is 51.9 Å². The lowest BCUT2D eigenvalue weighted by Gasteiger charge is -2.34. The van der Waals surface area contributed by atoms with Crippen LogP contribution in [0.5, 0.6) is 5.75 Å². The second-order valence-electron chi connectivity index (χ2n) is 8.13. The molecule has 0 bridgehead atoms. The second kappa shape index (κ2) is 11.6. The van der Waals surface area contributed by atoms with Crippen LogP contribution >= 0.6 is 23.2 Å². The van der Waals surface area contributed by atoms with Crippen LogP contribution in [-0.2, 0) is 11.3 Å². The summed E-state index contributed by atoms with van der Waals surface area (Å²) in [6, 6.07) is 4.35. The van der Waals surface area contributed by atoms with Crippen molar-refractivity contribution in [1.29, 1.82) is 0 Å². The Labute approximate surface area is 215 Å². The van der Waals surface area contributed by atoms with Crippen LogP contribution in [-0.4, -0.2) is 40.0 Å². The first-order valence-corrected chi connectivity index (χ1v) is 12.1. The van der Waals surface area contributed by atoms with E-state index in [2.05, 4.69) is 10.1 Å². The van der Waals surface area contributed by atoms with Gasteiger partial charge in [-0.25, -0.2) is 9.37 Å². The molecule has 1 fully saturated rings. The Kier molecular flexibility index (Phi) is 9.04. The number of nitrogens with two attached hydrogens (primary N) is 1. The predicted octanol–water partition coefficient (Wildman–Crippen LogP) is 5.38. The highest BCUT2D eigenvalue weighted by Gasteiger charge is 2.30. The van der Waals surface area contributed by atoms with Crippen LogP contribution in [0.2, 0.25) is 10.0 Å². The van der Waals surface area contributed by atoms with E-state index in [4.69, 9.17) is 46.3 Å². The lowest BCUT2D eigenvalue weighted by molar-refractivity contribution is -0.176. The summed E-state index contributed by atoms with van der Waals surface area (Å²) in [4.78, 5) is 4.22. The fourth-order valence-electron chi connectivity index (χ4n) is 3.88. The van der Waals surface area contributed by atoms with E-state index >= 15 is 0 Å². The van der Waals surface area contributed by atoms with Crippen LogP contribution in [0, 0.1) is 11.7 Å². The van der Waals surface area contributed by atoms with Crippen molar-refractivity contribution >= 4 is 36.9 Å². The maximum atomic E-state index is 13.9. The van der Waals surface area contributed by atoms with Crippen molar-refractivity contribution in [3.8, 4) is 16.9 Å². The Hall–Kier alpha value is -2.33. The van der Waals surface area contributed by atoms with Crippen LogP contribution in [0.3, 0.4) is 0 Å². The summed E-state index contributed by atoms with van der Waals surface area (Å²) in [6.45, 7) is 6.68. The molecule has 3 unspecified atom stereocenters.